The molecule has 0 aliphatic heterocycles. The van der Waals surface area contributed by atoms with E-state index in [0.717, 1.165) is 6.61 Å². The molecule has 0 unspecified atom stereocenters. The maximum absolute atomic E-state index is 6.46. The van der Waals surface area contributed by atoms with Gasteiger partial charge in [-0.15, -0.1) is 0 Å². The summed E-state index contributed by atoms with van der Waals surface area (Å²) in [5, 5.41) is 0. The zero-order valence-electron chi connectivity index (χ0n) is 12.5. The molecule has 0 aliphatic rings. The minimum atomic E-state index is -1.58. The van der Waals surface area contributed by atoms with Crippen molar-refractivity contribution in [3.05, 3.63) is 0 Å². The molecule has 0 rings (SSSR count). The number of rotatable bonds is 8. The molecular weight excluding hydrogens is 212 g/mol. The summed E-state index contributed by atoms with van der Waals surface area (Å²) in [6.45, 7) is 17.3. The average molecular weight is 244 g/mol. The highest BCUT2D eigenvalue weighted by Crippen LogP contribution is 2.42. The van der Waals surface area contributed by atoms with Crippen molar-refractivity contribution in [3.8, 4) is 0 Å². The summed E-state index contributed by atoms with van der Waals surface area (Å²) < 4.78 is 6.46. The van der Waals surface area contributed by atoms with Crippen LogP contribution in [-0.2, 0) is 4.43 Å². The van der Waals surface area contributed by atoms with Gasteiger partial charge in [0.05, 0.1) is 0 Å². The third-order valence-electron chi connectivity index (χ3n) is 3.81. The van der Waals surface area contributed by atoms with Crippen LogP contribution in [0.15, 0.2) is 0 Å². The van der Waals surface area contributed by atoms with Crippen molar-refractivity contribution >= 4 is 8.32 Å². The van der Waals surface area contributed by atoms with Gasteiger partial charge in [-0.2, -0.15) is 0 Å². The monoisotopic (exact) mass is 244 g/mol. The molecule has 0 N–H and O–H groups in total. The Hall–Kier alpha value is 0.177. The van der Waals surface area contributed by atoms with E-state index in [1.54, 1.807) is 0 Å². The van der Waals surface area contributed by atoms with Crippen LogP contribution in [0.3, 0.4) is 0 Å². The zero-order valence-corrected chi connectivity index (χ0v) is 13.5. The van der Waals surface area contributed by atoms with Crippen molar-refractivity contribution in [2.75, 3.05) is 6.61 Å². The van der Waals surface area contributed by atoms with Crippen molar-refractivity contribution in [1.82, 2.24) is 0 Å². The second-order valence-electron chi connectivity index (χ2n) is 5.87. The van der Waals surface area contributed by atoms with Crippen LogP contribution < -0.4 is 0 Å². The summed E-state index contributed by atoms with van der Waals surface area (Å²) >= 11 is 0. The molecule has 0 saturated heterocycles. The Morgan fingerprint density at radius 3 is 1.56 bits per heavy atom. The van der Waals surface area contributed by atoms with Crippen LogP contribution in [-0.4, -0.2) is 14.9 Å². The Morgan fingerprint density at radius 2 is 1.25 bits per heavy atom. The molecule has 1 nitrogen and oxygen atoms in total. The molecular formula is C14H32OSi. The van der Waals surface area contributed by atoms with Gasteiger partial charge in [0.2, 0.25) is 0 Å². The van der Waals surface area contributed by atoms with Gasteiger partial charge in [0.1, 0.15) is 0 Å². The molecule has 0 spiro atoms. The van der Waals surface area contributed by atoms with E-state index in [0.29, 0.717) is 16.6 Å². The first-order chi connectivity index (χ1) is 7.39. The van der Waals surface area contributed by atoms with Crippen LogP contribution in [0.5, 0.6) is 0 Å². The highest BCUT2D eigenvalue weighted by molar-refractivity contribution is 6.77. The quantitative estimate of drug-likeness (QED) is 0.412. The highest BCUT2D eigenvalue weighted by Gasteiger charge is 2.44. The summed E-state index contributed by atoms with van der Waals surface area (Å²) in [6.07, 6.45) is 3.82. The van der Waals surface area contributed by atoms with E-state index in [4.69, 9.17) is 4.43 Å². The average Bonchev–Trinajstić information content (AvgIpc) is 2.16. The fourth-order valence-corrected chi connectivity index (χ4v) is 8.60. The van der Waals surface area contributed by atoms with E-state index in [1.165, 1.54) is 19.3 Å². The predicted octanol–water partition coefficient (Wildman–Crippen LogP) is 5.37. The van der Waals surface area contributed by atoms with E-state index in [2.05, 4.69) is 48.5 Å². The van der Waals surface area contributed by atoms with Crippen LogP contribution in [0.4, 0.5) is 0 Å². The van der Waals surface area contributed by atoms with Gasteiger partial charge in [-0.3, -0.25) is 0 Å². The molecule has 0 amide bonds. The topological polar surface area (TPSA) is 9.23 Å². The van der Waals surface area contributed by atoms with Gasteiger partial charge in [-0.1, -0.05) is 61.3 Å². The molecule has 0 aromatic heterocycles. The van der Waals surface area contributed by atoms with E-state index in [-0.39, 0.29) is 0 Å². The minimum Gasteiger partial charge on any atom is -0.416 e. The van der Waals surface area contributed by atoms with E-state index in [9.17, 15) is 0 Å². The van der Waals surface area contributed by atoms with Gasteiger partial charge in [0.15, 0.2) is 8.32 Å². The summed E-state index contributed by atoms with van der Waals surface area (Å²) in [5.74, 6) is 0. The van der Waals surface area contributed by atoms with Crippen LogP contribution in [0.2, 0.25) is 16.6 Å². The minimum absolute atomic E-state index is 0.717. The Labute approximate surface area is 104 Å². The molecule has 0 heterocycles. The first-order valence-corrected chi connectivity index (χ1v) is 9.17. The van der Waals surface area contributed by atoms with Crippen LogP contribution in [0.1, 0.15) is 67.7 Å². The molecule has 16 heavy (non-hydrogen) atoms. The van der Waals surface area contributed by atoms with Crippen molar-refractivity contribution in [2.24, 2.45) is 0 Å². The fraction of sp³-hybridized carbons (Fsp3) is 1.00. The third-order valence-corrected chi connectivity index (χ3v) is 9.93. The second kappa shape index (κ2) is 7.49. The summed E-state index contributed by atoms with van der Waals surface area (Å²) in [5.41, 5.74) is 2.15. The Balaban J connectivity index is 4.52. The highest BCUT2D eigenvalue weighted by atomic mass is 28.4. The first kappa shape index (κ1) is 16.2. The third kappa shape index (κ3) is 3.88. The number of hydrogen-bond donors (Lipinski definition) is 0. The van der Waals surface area contributed by atoms with Gasteiger partial charge in [0, 0.05) is 6.61 Å². The zero-order chi connectivity index (χ0) is 12.8. The molecule has 0 aliphatic carbocycles. The SMILES string of the molecule is CCCCCO[Si](C(C)C)(C(C)C)C(C)C. The number of hydrogen-bond acceptors (Lipinski definition) is 1. The summed E-state index contributed by atoms with van der Waals surface area (Å²) in [7, 11) is -1.58. The summed E-state index contributed by atoms with van der Waals surface area (Å²) in [4.78, 5) is 0. The predicted molar refractivity (Wildman–Crippen MR) is 76.5 cm³/mol. The molecule has 98 valence electrons. The molecule has 0 fully saturated rings. The normalized spacial score (nSPS) is 13.1. The lowest BCUT2D eigenvalue weighted by atomic mass is 10.3. The molecule has 0 atom stereocenters. The molecule has 0 aromatic rings. The van der Waals surface area contributed by atoms with Gasteiger partial charge in [-0.05, 0) is 23.0 Å². The largest absolute Gasteiger partial charge is 0.416 e. The van der Waals surface area contributed by atoms with Gasteiger partial charge < -0.3 is 4.43 Å². The van der Waals surface area contributed by atoms with Crippen molar-refractivity contribution in [2.45, 2.75) is 84.4 Å². The van der Waals surface area contributed by atoms with Crippen LogP contribution in [0.25, 0.3) is 0 Å². The van der Waals surface area contributed by atoms with Gasteiger partial charge in [-0.25, -0.2) is 0 Å². The standard InChI is InChI=1S/C14H32OSi/c1-8-9-10-11-15-16(12(2)3,13(4)5)14(6)7/h12-14H,8-11H2,1-7H3. The molecule has 0 bridgehead atoms. The van der Waals surface area contributed by atoms with Crippen molar-refractivity contribution < 1.29 is 4.43 Å². The molecule has 0 saturated carbocycles. The van der Waals surface area contributed by atoms with Gasteiger partial charge >= 0.3 is 0 Å². The molecule has 0 radical (unpaired) electrons. The van der Waals surface area contributed by atoms with Crippen molar-refractivity contribution in [1.29, 1.82) is 0 Å². The van der Waals surface area contributed by atoms with E-state index in [1.807, 2.05) is 0 Å². The summed E-state index contributed by atoms with van der Waals surface area (Å²) in [6, 6.07) is 0. The molecule has 0 aromatic carbocycles. The smallest absolute Gasteiger partial charge is 0.200 e. The second-order valence-corrected chi connectivity index (χ2v) is 11.3. The lowest BCUT2D eigenvalue weighted by Crippen LogP contribution is -2.47. The van der Waals surface area contributed by atoms with Crippen LogP contribution >= 0.6 is 0 Å². The first-order valence-electron chi connectivity index (χ1n) is 7.03. The Kier molecular flexibility index (Phi) is 7.58. The van der Waals surface area contributed by atoms with Crippen molar-refractivity contribution in [3.63, 3.8) is 0 Å². The Bertz CT molecular complexity index is 154. The molecule has 2 heteroatoms. The van der Waals surface area contributed by atoms with E-state index >= 15 is 0 Å². The Morgan fingerprint density at radius 1 is 0.812 bits per heavy atom. The number of unbranched alkanes of at least 4 members (excludes halogenated alkanes) is 2. The van der Waals surface area contributed by atoms with Crippen LogP contribution in [0, 0.1) is 0 Å². The fourth-order valence-electron chi connectivity index (χ4n) is 3.10. The van der Waals surface area contributed by atoms with E-state index < -0.39 is 8.32 Å². The van der Waals surface area contributed by atoms with Gasteiger partial charge in [0.25, 0.3) is 0 Å². The maximum atomic E-state index is 6.46. The lowest BCUT2D eigenvalue weighted by molar-refractivity contribution is 0.269. The lowest BCUT2D eigenvalue weighted by Gasteiger charge is -2.42. The maximum Gasteiger partial charge on any atom is 0.200 e.